The van der Waals surface area contributed by atoms with Crippen molar-refractivity contribution in [3.8, 4) is 11.5 Å². The minimum Gasteiger partial charge on any atom is -0.455 e. The first-order valence-electron chi connectivity index (χ1n) is 10.1. The van der Waals surface area contributed by atoms with Crippen molar-refractivity contribution in [1.29, 1.82) is 0 Å². The Morgan fingerprint density at radius 1 is 1.19 bits per heavy atom. The molecule has 0 aliphatic heterocycles. The summed E-state index contributed by atoms with van der Waals surface area (Å²) in [7, 11) is 0. The number of carbonyl (C=O) groups excluding carboxylic acids is 1. The summed E-state index contributed by atoms with van der Waals surface area (Å²) >= 11 is 18.0. The molecule has 2 aromatic carbocycles. The second-order valence-corrected chi connectivity index (χ2v) is 8.93. The number of amides is 1. The number of pyridine rings is 1. The summed E-state index contributed by atoms with van der Waals surface area (Å²) in [4.78, 5) is 17.1. The van der Waals surface area contributed by atoms with Crippen LogP contribution in [0.5, 0.6) is 11.5 Å². The van der Waals surface area contributed by atoms with Crippen molar-refractivity contribution in [2.75, 3.05) is 6.54 Å². The van der Waals surface area contributed by atoms with Gasteiger partial charge in [0.15, 0.2) is 5.75 Å². The van der Waals surface area contributed by atoms with Crippen LogP contribution in [0.3, 0.4) is 0 Å². The minimum atomic E-state index is -1.51. The molecule has 3 aromatic rings. The third-order valence-electron chi connectivity index (χ3n) is 5.22. The van der Waals surface area contributed by atoms with Crippen molar-refractivity contribution >= 4 is 40.7 Å². The Labute approximate surface area is 200 Å². The fourth-order valence-electron chi connectivity index (χ4n) is 3.43. The molecule has 1 amide bonds. The largest absolute Gasteiger partial charge is 0.455 e. The fourth-order valence-corrected chi connectivity index (χ4v) is 4.19. The summed E-state index contributed by atoms with van der Waals surface area (Å²) in [6, 6.07) is 13.7. The number of ether oxygens (including phenoxy) is 1. The molecular formula is C24H20Cl3FN2O2. The Hall–Kier alpha value is -2.34. The highest BCUT2D eigenvalue weighted by Crippen LogP contribution is 2.41. The molecule has 1 aliphatic carbocycles. The van der Waals surface area contributed by atoms with Gasteiger partial charge in [0, 0.05) is 15.6 Å². The Balaban J connectivity index is 1.53. The van der Waals surface area contributed by atoms with E-state index in [1.54, 1.807) is 13.0 Å². The molecule has 1 aromatic heterocycles. The van der Waals surface area contributed by atoms with Crippen LogP contribution in [-0.2, 0) is 0 Å². The van der Waals surface area contributed by atoms with E-state index >= 15 is 0 Å². The zero-order chi connectivity index (χ0) is 22.8. The molecule has 0 spiro atoms. The maximum Gasteiger partial charge on any atom is 0.255 e. The summed E-state index contributed by atoms with van der Waals surface area (Å²) in [6.07, 6.45) is 0.822. The maximum atomic E-state index is 14.7. The lowest BCUT2D eigenvalue weighted by molar-refractivity contribution is 0.0939. The number of nitrogens with zero attached hydrogens (tertiary/aromatic N) is 1. The Morgan fingerprint density at radius 2 is 1.97 bits per heavy atom. The molecule has 1 N–H and O–H groups in total. The molecule has 0 saturated heterocycles. The summed E-state index contributed by atoms with van der Waals surface area (Å²) in [5.41, 5.74) is 2.08. The fraction of sp³-hybridized carbons (Fsp3) is 0.250. The van der Waals surface area contributed by atoms with E-state index in [0.29, 0.717) is 22.4 Å². The van der Waals surface area contributed by atoms with Gasteiger partial charge in [-0.3, -0.25) is 4.79 Å². The molecule has 4 nitrogen and oxygen atoms in total. The van der Waals surface area contributed by atoms with Crippen LogP contribution >= 0.6 is 34.8 Å². The topological polar surface area (TPSA) is 51.2 Å². The van der Waals surface area contributed by atoms with Crippen molar-refractivity contribution in [3.05, 3.63) is 86.1 Å². The van der Waals surface area contributed by atoms with Crippen molar-refractivity contribution in [2.45, 2.75) is 31.9 Å². The van der Waals surface area contributed by atoms with Gasteiger partial charge in [-0.1, -0.05) is 53.0 Å². The number of aromatic nitrogens is 1. The summed E-state index contributed by atoms with van der Waals surface area (Å²) in [5, 5.41) is 3.33. The van der Waals surface area contributed by atoms with Crippen LogP contribution in [-0.4, -0.2) is 17.4 Å². The van der Waals surface area contributed by atoms with E-state index in [-0.39, 0.29) is 33.6 Å². The van der Waals surface area contributed by atoms with Crippen LogP contribution in [0, 0.1) is 6.92 Å². The molecule has 1 fully saturated rings. The van der Waals surface area contributed by atoms with Gasteiger partial charge in [0.1, 0.15) is 17.1 Å². The van der Waals surface area contributed by atoms with E-state index in [2.05, 4.69) is 16.4 Å². The van der Waals surface area contributed by atoms with Gasteiger partial charge in [-0.2, -0.15) is 0 Å². The van der Waals surface area contributed by atoms with E-state index in [1.807, 2.05) is 18.2 Å². The lowest BCUT2D eigenvalue weighted by Crippen LogP contribution is -2.28. The first kappa shape index (κ1) is 22.8. The van der Waals surface area contributed by atoms with Crippen molar-refractivity contribution in [2.24, 2.45) is 0 Å². The van der Waals surface area contributed by atoms with Gasteiger partial charge in [-0.05, 0) is 61.6 Å². The molecule has 1 unspecified atom stereocenters. The van der Waals surface area contributed by atoms with Crippen molar-refractivity contribution < 1.29 is 13.9 Å². The standard InChI is InChI=1S/C24H20Cl3FN2O2/c1-13-23(32-17-4-2-3-15(9-17)14-5-6-14)19(11-22(27)30-13)24(31)29-12-21(28)18-8-7-16(25)10-20(18)26/h2-4,7-11,14,21H,5-6,12H2,1H3,(H,29,31). The lowest BCUT2D eigenvalue weighted by atomic mass is 10.1. The van der Waals surface area contributed by atoms with Crippen molar-refractivity contribution in [1.82, 2.24) is 10.3 Å². The second kappa shape index (κ2) is 9.65. The van der Waals surface area contributed by atoms with Gasteiger partial charge in [-0.15, -0.1) is 0 Å². The zero-order valence-corrected chi connectivity index (χ0v) is 19.4. The smallest absolute Gasteiger partial charge is 0.255 e. The number of alkyl halides is 1. The molecule has 166 valence electrons. The summed E-state index contributed by atoms with van der Waals surface area (Å²) in [5.74, 6) is 0.914. The van der Waals surface area contributed by atoms with Crippen LogP contribution in [0.2, 0.25) is 15.2 Å². The van der Waals surface area contributed by atoms with E-state index in [0.717, 1.165) is 0 Å². The predicted molar refractivity (Wildman–Crippen MR) is 125 cm³/mol. The molecular weight excluding hydrogens is 474 g/mol. The van der Waals surface area contributed by atoms with Crippen LogP contribution in [0.1, 0.15) is 52.1 Å². The number of carbonyl (C=O) groups is 1. The SMILES string of the molecule is Cc1nc(Cl)cc(C(=O)NCC(F)c2ccc(Cl)cc2Cl)c1Oc1cccc(C2CC2)c1. The molecule has 1 saturated carbocycles. The number of halogens is 4. The highest BCUT2D eigenvalue weighted by Gasteiger charge is 2.24. The van der Waals surface area contributed by atoms with E-state index in [4.69, 9.17) is 39.5 Å². The molecule has 0 radical (unpaired) electrons. The third-order valence-corrected chi connectivity index (χ3v) is 5.98. The first-order valence-corrected chi connectivity index (χ1v) is 11.3. The maximum absolute atomic E-state index is 14.7. The number of benzene rings is 2. The van der Waals surface area contributed by atoms with Crippen LogP contribution in [0.25, 0.3) is 0 Å². The number of aryl methyl sites for hydroxylation is 1. The highest BCUT2D eigenvalue weighted by molar-refractivity contribution is 6.35. The lowest BCUT2D eigenvalue weighted by Gasteiger charge is -2.16. The summed E-state index contributed by atoms with van der Waals surface area (Å²) in [6.45, 7) is 1.42. The van der Waals surface area contributed by atoms with Crippen LogP contribution in [0.15, 0.2) is 48.5 Å². The van der Waals surface area contributed by atoms with Crippen LogP contribution < -0.4 is 10.1 Å². The molecule has 1 atom stereocenters. The van der Waals surface area contributed by atoms with E-state index in [1.165, 1.54) is 36.6 Å². The molecule has 8 heteroatoms. The van der Waals surface area contributed by atoms with Gasteiger partial charge in [0.25, 0.3) is 5.91 Å². The van der Waals surface area contributed by atoms with Gasteiger partial charge < -0.3 is 10.1 Å². The van der Waals surface area contributed by atoms with Gasteiger partial charge in [-0.25, -0.2) is 9.37 Å². The predicted octanol–water partition coefficient (Wildman–Crippen LogP) is 7.46. The zero-order valence-electron chi connectivity index (χ0n) is 17.2. The van der Waals surface area contributed by atoms with E-state index in [9.17, 15) is 9.18 Å². The summed E-state index contributed by atoms with van der Waals surface area (Å²) < 4.78 is 20.8. The normalized spacial score (nSPS) is 14.2. The quantitative estimate of drug-likeness (QED) is 0.348. The minimum absolute atomic E-state index is 0.143. The molecule has 1 aliphatic rings. The average molecular weight is 494 g/mol. The number of hydrogen-bond acceptors (Lipinski definition) is 3. The number of rotatable bonds is 7. The Bertz CT molecular complexity index is 1170. The van der Waals surface area contributed by atoms with Gasteiger partial charge in [0.2, 0.25) is 0 Å². The molecule has 32 heavy (non-hydrogen) atoms. The number of hydrogen-bond donors (Lipinski definition) is 1. The molecule has 1 heterocycles. The Morgan fingerprint density at radius 3 is 2.69 bits per heavy atom. The van der Waals surface area contributed by atoms with Crippen LogP contribution in [0.4, 0.5) is 4.39 Å². The molecule has 0 bridgehead atoms. The van der Waals surface area contributed by atoms with Gasteiger partial charge >= 0.3 is 0 Å². The monoisotopic (exact) mass is 492 g/mol. The number of nitrogens with one attached hydrogen (secondary N) is 1. The second-order valence-electron chi connectivity index (χ2n) is 7.70. The highest BCUT2D eigenvalue weighted by atomic mass is 35.5. The van der Waals surface area contributed by atoms with Gasteiger partial charge in [0.05, 0.1) is 17.8 Å². The first-order chi connectivity index (χ1) is 15.3. The Kier molecular flexibility index (Phi) is 6.89. The molecule has 4 rings (SSSR count). The van der Waals surface area contributed by atoms with E-state index < -0.39 is 12.1 Å². The average Bonchev–Trinajstić information content (AvgIpc) is 3.59. The third kappa shape index (κ3) is 5.34. The van der Waals surface area contributed by atoms with Crippen molar-refractivity contribution in [3.63, 3.8) is 0 Å².